The lowest BCUT2D eigenvalue weighted by atomic mass is 9.98. The number of carbonyl (C=O) groups excluding carboxylic acids is 3. The van der Waals surface area contributed by atoms with Crippen molar-refractivity contribution >= 4 is 34.3 Å². The van der Waals surface area contributed by atoms with Crippen molar-refractivity contribution in [2.75, 3.05) is 11.9 Å². The van der Waals surface area contributed by atoms with Crippen molar-refractivity contribution in [1.82, 2.24) is 15.2 Å². The van der Waals surface area contributed by atoms with Crippen molar-refractivity contribution < 1.29 is 14.4 Å². The van der Waals surface area contributed by atoms with Gasteiger partial charge in [-0.2, -0.15) is 0 Å². The van der Waals surface area contributed by atoms with Gasteiger partial charge in [0.15, 0.2) is 5.13 Å². The van der Waals surface area contributed by atoms with Crippen LogP contribution in [-0.2, 0) is 9.59 Å². The van der Waals surface area contributed by atoms with E-state index in [0.717, 1.165) is 24.1 Å². The number of nitrogens with zero attached hydrogens (tertiary/aromatic N) is 2. The van der Waals surface area contributed by atoms with Crippen LogP contribution < -0.4 is 10.6 Å². The molecule has 7 nitrogen and oxygen atoms in total. The Morgan fingerprint density at radius 2 is 1.96 bits per heavy atom. The van der Waals surface area contributed by atoms with Gasteiger partial charge >= 0.3 is 6.03 Å². The average molecular weight is 398 g/mol. The van der Waals surface area contributed by atoms with E-state index in [1.54, 1.807) is 0 Å². The third-order valence-electron chi connectivity index (χ3n) is 5.36. The fourth-order valence-electron chi connectivity index (χ4n) is 3.78. The molecule has 2 heterocycles. The van der Waals surface area contributed by atoms with Crippen LogP contribution in [0.25, 0.3) is 11.3 Å². The molecule has 1 saturated heterocycles. The topological polar surface area (TPSA) is 91.4 Å². The van der Waals surface area contributed by atoms with Crippen LogP contribution in [0.5, 0.6) is 0 Å². The van der Waals surface area contributed by atoms with Gasteiger partial charge in [-0.1, -0.05) is 42.7 Å². The first-order valence-corrected chi connectivity index (χ1v) is 10.3. The quantitative estimate of drug-likeness (QED) is 0.756. The van der Waals surface area contributed by atoms with Gasteiger partial charge in [-0.25, -0.2) is 9.78 Å². The summed E-state index contributed by atoms with van der Waals surface area (Å²) in [6.45, 7) is 2.10. The Bertz CT molecular complexity index is 916. The largest absolute Gasteiger partial charge is 0.325 e. The number of hydrogen-bond acceptors (Lipinski definition) is 5. The molecular weight excluding hydrogens is 376 g/mol. The van der Waals surface area contributed by atoms with Crippen molar-refractivity contribution in [1.29, 1.82) is 0 Å². The first-order valence-electron chi connectivity index (χ1n) is 9.43. The molecule has 0 bridgehead atoms. The summed E-state index contributed by atoms with van der Waals surface area (Å²) in [5.74, 6) is -0.462. The zero-order valence-electron chi connectivity index (χ0n) is 15.7. The monoisotopic (exact) mass is 398 g/mol. The predicted octanol–water partition coefficient (Wildman–Crippen LogP) is 3.31. The minimum Gasteiger partial charge on any atom is -0.323 e. The summed E-state index contributed by atoms with van der Waals surface area (Å²) < 4.78 is 0. The molecule has 1 aliphatic heterocycles. The number of carbonyl (C=O) groups is 3. The Labute approximate surface area is 167 Å². The van der Waals surface area contributed by atoms with Crippen LogP contribution in [0.1, 0.15) is 37.7 Å². The fourth-order valence-corrected chi connectivity index (χ4v) is 4.52. The van der Waals surface area contributed by atoms with Crippen LogP contribution in [0.4, 0.5) is 9.93 Å². The molecule has 28 heavy (non-hydrogen) atoms. The maximum Gasteiger partial charge on any atom is 0.325 e. The molecule has 8 heteroatoms. The Kier molecular flexibility index (Phi) is 4.89. The van der Waals surface area contributed by atoms with Crippen molar-refractivity contribution in [3.8, 4) is 11.3 Å². The predicted molar refractivity (Wildman–Crippen MR) is 107 cm³/mol. The van der Waals surface area contributed by atoms with Crippen molar-refractivity contribution in [2.24, 2.45) is 0 Å². The molecule has 146 valence electrons. The van der Waals surface area contributed by atoms with E-state index in [1.807, 2.05) is 36.6 Å². The van der Waals surface area contributed by atoms with E-state index < -0.39 is 11.6 Å². The highest BCUT2D eigenvalue weighted by molar-refractivity contribution is 7.14. The van der Waals surface area contributed by atoms with Crippen molar-refractivity contribution in [3.05, 3.63) is 35.2 Å². The van der Waals surface area contributed by atoms with E-state index in [1.165, 1.54) is 21.8 Å². The molecular formula is C20H22N4O3S. The van der Waals surface area contributed by atoms with E-state index in [4.69, 9.17) is 0 Å². The number of nitrogens with one attached hydrogen (secondary N) is 2. The molecule has 2 aromatic rings. The van der Waals surface area contributed by atoms with Crippen LogP contribution in [0, 0.1) is 6.92 Å². The molecule has 1 aromatic carbocycles. The third kappa shape index (κ3) is 3.52. The molecule has 1 saturated carbocycles. The van der Waals surface area contributed by atoms with Gasteiger partial charge < -0.3 is 10.6 Å². The van der Waals surface area contributed by atoms with E-state index in [-0.39, 0.29) is 24.8 Å². The van der Waals surface area contributed by atoms with Gasteiger partial charge in [-0.3, -0.25) is 14.5 Å². The zero-order valence-corrected chi connectivity index (χ0v) is 16.5. The number of thiazole rings is 1. The second-order valence-corrected chi connectivity index (χ2v) is 8.24. The van der Waals surface area contributed by atoms with Crippen molar-refractivity contribution in [3.63, 3.8) is 0 Å². The fraction of sp³-hybridized carbons (Fsp3) is 0.400. The summed E-state index contributed by atoms with van der Waals surface area (Å²) >= 11 is 1.35. The highest BCUT2D eigenvalue weighted by Gasteiger charge is 2.52. The van der Waals surface area contributed by atoms with Gasteiger partial charge in [0.2, 0.25) is 5.91 Å². The second-order valence-electron chi connectivity index (χ2n) is 7.38. The standard InChI is InChI=1S/C20H22N4O3S/c1-13-4-6-14(7-5-13)15-12-28-18(21-15)22-16(25)8-11-24-17(26)20(23-19(24)27)9-2-3-10-20/h4-7,12H,2-3,8-11H2,1H3,(H,23,27)(H,21,22,25). The Morgan fingerprint density at radius 1 is 1.25 bits per heavy atom. The lowest BCUT2D eigenvalue weighted by molar-refractivity contribution is -0.131. The summed E-state index contributed by atoms with van der Waals surface area (Å²) in [6.07, 6.45) is 3.29. The summed E-state index contributed by atoms with van der Waals surface area (Å²) in [5, 5.41) is 7.98. The molecule has 1 spiro atoms. The maximum atomic E-state index is 12.6. The molecule has 1 aliphatic carbocycles. The Hall–Kier alpha value is -2.74. The summed E-state index contributed by atoms with van der Waals surface area (Å²) in [4.78, 5) is 42.6. The molecule has 0 radical (unpaired) electrons. The highest BCUT2D eigenvalue weighted by Crippen LogP contribution is 2.35. The molecule has 1 aromatic heterocycles. The Balaban J connectivity index is 1.33. The summed E-state index contributed by atoms with van der Waals surface area (Å²) in [7, 11) is 0. The first-order chi connectivity index (χ1) is 13.5. The van der Waals surface area contributed by atoms with Gasteiger partial charge in [0.25, 0.3) is 5.91 Å². The van der Waals surface area contributed by atoms with Crippen LogP contribution in [0.2, 0.25) is 0 Å². The Morgan fingerprint density at radius 3 is 2.68 bits per heavy atom. The number of urea groups is 1. The van der Waals surface area contributed by atoms with Crippen LogP contribution in [-0.4, -0.2) is 39.8 Å². The van der Waals surface area contributed by atoms with Crippen LogP contribution >= 0.6 is 11.3 Å². The minimum atomic E-state index is -0.730. The molecule has 2 N–H and O–H groups in total. The number of aryl methyl sites for hydroxylation is 1. The molecule has 2 aliphatic rings. The zero-order chi connectivity index (χ0) is 19.7. The van der Waals surface area contributed by atoms with Gasteiger partial charge in [-0.15, -0.1) is 11.3 Å². The minimum absolute atomic E-state index is 0.0503. The number of rotatable bonds is 5. The number of benzene rings is 1. The van der Waals surface area contributed by atoms with E-state index in [9.17, 15) is 14.4 Å². The van der Waals surface area contributed by atoms with Crippen LogP contribution in [0.15, 0.2) is 29.6 Å². The number of hydrogen-bond donors (Lipinski definition) is 2. The molecule has 4 amide bonds. The van der Waals surface area contributed by atoms with E-state index >= 15 is 0 Å². The van der Waals surface area contributed by atoms with Gasteiger partial charge in [0.1, 0.15) is 5.54 Å². The molecule has 0 atom stereocenters. The SMILES string of the molecule is Cc1ccc(-c2csc(NC(=O)CCN3C(=O)NC4(CCCC4)C3=O)n2)cc1. The molecule has 0 unspecified atom stereocenters. The summed E-state index contributed by atoms with van der Waals surface area (Å²) in [6, 6.07) is 7.62. The summed E-state index contributed by atoms with van der Waals surface area (Å²) in [5.41, 5.74) is 2.24. The van der Waals surface area contributed by atoms with Crippen molar-refractivity contribution in [2.45, 2.75) is 44.6 Å². The molecule has 4 rings (SSSR count). The van der Waals surface area contributed by atoms with E-state index in [2.05, 4.69) is 15.6 Å². The maximum absolute atomic E-state index is 12.6. The number of anilines is 1. The van der Waals surface area contributed by atoms with E-state index in [0.29, 0.717) is 18.0 Å². The highest BCUT2D eigenvalue weighted by atomic mass is 32.1. The van der Waals surface area contributed by atoms with Gasteiger partial charge in [-0.05, 0) is 19.8 Å². The van der Waals surface area contributed by atoms with Gasteiger partial charge in [0.05, 0.1) is 5.69 Å². The lowest BCUT2D eigenvalue weighted by Crippen LogP contribution is -2.44. The third-order valence-corrected chi connectivity index (χ3v) is 6.12. The lowest BCUT2D eigenvalue weighted by Gasteiger charge is -2.19. The number of amides is 4. The number of aromatic nitrogens is 1. The number of imide groups is 1. The normalized spacial score (nSPS) is 18.0. The van der Waals surface area contributed by atoms with Crippen LogP contribution in [0.3, 0.4) is 0 Å². The van der Waals surface area contributed by atoms with Gasteiger partial charge in [0, 0.05) is 23.9 Å². The smallest absolute Gasteiger partial charge is 0.323 e. The molecule has 2 fully saturated rings. The second kappa shape index (κ2) is 7.35. The average Bonchev–Trinajstić information content (AvgIpc) is 3.37. The first kappa shape index (κ1) is 18.6.